The van der Waals surface area contributed by atoms with Crippen LogP contribution in [0.1, 0.15) is 49.8 Å². The van der Waals surface area contributed by atoms with Gasteiger partial charge in [0.15, 0.2) is 5.96 Å². The van der Waals surface area contributed by atoms with Crippen molar-refractivity contribution in [3.8, 4) is 0 Å². The lowest BCUT2D eigenvalue weighted by molar-refractivity contribution is -0.127. The first-order valence-electron chi connectivity index (χ1n) is 10.7. The molecule has 2 N–H and O–H groups in total. The van der Waals surface area contributed by atoms with Crippen LogP contribution < -0.4 is 10.6 Å². The van der Waals surface area contributed by atoms with Crippen molar-refractivity contribution < 1.29 is 9.53 Å². The molecule has 1 aliphatic heterocycles. The molecule has 3 rings (SSSR count). The van der Waals surface area contributed by atoms with E-state index in [-0.39, 0.29) is 17.9 Å². The molecule has 1 amide bonds. The van der Waals surface area contributed by atoms with Crippen LogP contribution >= 0.6 is 0 Å². The second-order valence-electron chi connectivity index (χ2n) is 7.67. The number of aryl methyl sites for hydroxylation is 1. The van der Waals surface area contributed by atoms with E-state index in [0.29, 0.717) is 19.7 Å². The summed E-state index contributed by atoms with van der Waals surface area (Å²) in [5.41, 5.74) is 2.51. The molecule has 1 atom stereocenters. The van der Waals surface area contributed by atoms with E-state index in [0.717, 1.165) is 44.9 Å². The fourth-order valence-corrected chi connectivity index (χ4v) is 3.69. The largest absolute Gasteiger partial charge is 0.370 e. The predicted molar refractivity (Wildman–Crippen MR) is 112 cm³/mol. The number of amides is 1. The quantitative estimate of drug-likeness (QED) is 0.430. The number of nitrogens with zero attached hydrogens (tertiary/aromatic N) is 2. The van der Waals surface area contributed by atoms with Crippen LogP contribution in [0.25, 0.3) is 0 Å². The van der Waals surface area contributed by atoms with Crippen molar-refractivity contribution in [2.45, 2.75) is 45.6 Å². The van der Waals surface area contributed by atoms with Crippen LogP contribution in [0.15, 0.2) is 29.3 Å². The van der Waals surface area contributed by atoms with Crippen molar-refractivity contribution in [3.05, 3.63) is 35.4 Å². The highest BCUT2D eigenvalue weighted by atomic mass is 16.5. The molecule has 1 heterocycles. The zero-order valence-electron chi connectivity index (χ0n) is 17.2. The Morgan fingerprint density at radius 2 is 2.11 bits per heavy atom. The maximum atomic E-state index is 11.9. The van der Waals surface area contributed by atoms with Gasteiger partial charge in [0.25, 0.3) is 0 Å². The van der Waals surface area contributed by atoms with Gasteiger partial charge in [-0.15, -0.1) is 0 Å². The summed E-state index contributed by atoms with van der Waals surface area (Å²) >= 11 is 0. The van der Waals surface area contributed by atoms with Crippen LogP contribution in [0.3, 0.4) is 0 Å². The summed E-state index contributed by atoms with van der Waals surface area (Å²) < 4.78 is 6.04. The Hall–Kier alpha value is -2.08. The van der Waals surface area contributed by atoms with E-state index in [1.807, 2.05) is 0 Å². The highest BCUT2D eigenvalue weighted by Gasteiger charge is 2.25. The van der Waals surface area contributed by atoms with Crippen molar-refractivity contribution >= 4 is 11.9 Å². The highest BCUT2D eigenvalue weighted by molar-refractivity contribution is 5.80. The fourth-order valence-electron chi connectivity index (χ4n) is 3.69. The number of hydrogen-bond acceptors (Lipinski definition) is 3. The second-order valence-corrected chi connectivity index (χ2v) is 7.67. The molecule has 1 aromatic carbocycles. The molecule has 0 bridgehead atoms. The molecule has 1 saturated carbocycles. The molecule has 0 radical (unpaired) electrons. The molecule has 154 valence electrons. The van der Waals surface area contributed by atoms with Crippen LogP contribution in [0.5, 0.6) is 0 Å². The maximum Gasteiger partial charge on any atom is 0.223 e. The van der Waals surface area contributed by atoms with Gasteiger partial charge in [-0.25, -0.2) is 0 Å². The molecule has 1 aliphatic carbocycles. The predicted octanol–water partition coefficient (Wildman–Crippen LogP) is 2.64. The SMILES string of the molecule is CCNC(=NCCCNC(=O)C1CCC1)N1CCOC(c2ccccc2C)C1. The van der Waals surface area contributed by atoms with Crippen LogP contribution in [-0.2, 0) is 9.53 Å². The molecule has 0 spiro atoms. The third-order valence-electron chi connectivity index (χ3n) is 5.61. The molecule has 1 aromatic rings. The van der Waals surface area contributed by atoms with Gasteiger partial charge in [0.2, 0.25) is 5.91 Å². The standard InChI is InChI=1S/C22H34N4O2/c1-3-23-22(25-13-7-12-24-21(27)18-9-6-10-18)26-14-15-28-20(16-26)19-11-5-4-8-17(19)2/h4-5,8,11,18,20H,3,6-7,9-10,12-16H2,1-2H3,(H,23,25)(H,24,27). The Labute approximate surface area is 168 Å². The van der Waals surface area contributed by atoms with E-state index in [1.54, 1.807) is 0 Å². The van der Waals surface area contributed by atoms with Gasteiger partial charge in [-0.05, 0) is 44.2 Å². The third kappa shape index (κ3) is 5.47. The Bertz CT molecular complexity index is 672. The van der Waals surface area contributed by atoms with E-state index < -0.39 is 0 Å². The number of carbonyl (C=O) groups excluding carboxylic acids is 1. The lowest BCUT2D eigenvalue weighted by Crippen LogP contribution is -2.48. The number of ether oxygens (including phenoxy) is 1. The number of morpholine rings is 1. The smallest absolute Gasteiger partial charge is 0.223 e. The Morgan fingerprint density at radius 1 is 1.29 bits per heavy atom. The minimum atomic E-state index is 0.0700. The Kier molecular flexibility index (Phi) is 7.71. The molecule has 28 heavy (non-hydrogen) atoms. The normalized spacial score (nSPS) is 20.6. The summed E-state index contributed by atoms with van der Waals surface area (Å²) in [6, 6.07) is 8.42. The Balaban J connectivity index is 1.51. The van der Waals surface area contributed by atoms with Crippen LogP contribution in [0.4, 0.5) is 0 Å². The first-order valence-corrected chi connectivity index (χ1v) is 10.7. The summed E-state index contributed by atoms with van der Waals surface area (Å²) in [6.07, 6.45) is 4.22. The molecular weight excluding hydrogens is 352 g/mol. The molecule has 2 aliphatic rings. The zero-order valence-corrected chi connectivity index (χ0v) is 17.2. The minimum absolute atomic E-state index is 0.0700. The van der Waals surface area contributed by atoms with Gasteiger partial charge in [0.1, 0.15) is 6.10 Å². The van der Waals surface area contributed by atoms with E-state index in [4.69, 9.17) is 9.73 Å². The van der Waals surface area contributed by atoms with Gasteiger partial charge < -0.3 is 20.3 Å². The highest BCUT2D eigenvalue weighted by Crippen LogP contribution is 2.26. The second kappa shape index (κ2) is 10.5. The zero-order chi connectivity index (χ0) is 19.8. The maximum absolute atomic E-state index is 11.9. The van der Waals surface area contributed by atoms with Gasteiger partial charge in [0.05, 0.1) is 13.2 Å². The number of guanidine groups is 1. The number of rotatable bonds is 7. The minimum Gasteiger partial charge on any atom is -0.370 e. The summed E-state index contributed by atoms with van der Waals surface area (Å²) in [7, 11) is 0. The number of hydrogen-bond donors (Lipinski definition) is 2. The van der Waals surface area contributed by atoms with Crippen molar-refractivity contribution in [1.82, 2.24) is 15.5 Å². The lowest BCUT2D eigenvalue weighted by atomic mass is 9.85. The van der Waals surface area contributed by atoms with Gasteiger partial charge in [-0.1, -0.05) is 30.7 Å². The first-order chi connectivity index (χ1) is 13.7. The number of benzene rings is 1. The number of nitrogens with one attached hydrogen (secondary N) is 2. The molecular formula is C22H34N4O2. The van der Waals surface area contributed by atoms with Gasteiger partial charge in [0, 0.05) is 32.1 Å². The van der Waals surface area contributed by atoms with E-state index in [2.05, 4.69) is 53.6 Å². The third-order valence-corrected chi connectivity index (χ3v) is 5.61. The average molecular weight is 387 g/mol. The molecule has 6 heteroatoms. The first kappa shape index (κ1) is 20.6. The molecule has 1 saturated heterocycles. The summed E-state index contributed by atoms with van der Waals surface area (Å²) in [5, 5.41) is 6.45. The molecule has 6 nitrogen and oxygen atoms in total. The van der Waals surface area contributed by atoms with Crippen molar-refractivity contribution in [2.24, 2.45) is 10.9 Å². The molecule has 0 aromatic heterocycles. The van der Waals surface area contributed by atoms with Crippen LogP contribution in [0.2, 0.25) is 0 Å². The monoisotopic (exact) mass is 386 g/mol. The summed E-state index contributed by atoms with van der Waals surface area (Å²) in [4.78, 5) is 19.0. The van der Waals surface area contributed by atoms with E-state index >= 15 is 0 Å². The number of carbonyl (C=O) groups is 1. The molecule has 2 fully saturated rings. The summed E-state index contributed by atoms with van der Waals surface area (Å²) in [5.74, 6) is 1.42. The van der Waals surface area contributed by atoms with Crippen molar-refractivity contribution in [2.75, 3.05) is 39.3 Å². The van der Waals surface area contributed by atoms with Gasteiger partial charge >= 0.3 is 0 Å². The lowest BCUT2D eigenvalue weighted by Gasteiger charge is -2.35. The van der Waals surface area contributed by atoms with Crippen LogP contribution in [0, 0.1) is 12.8 Å². The fraction of sp³-hybridized carbons (Fsp3) is 0.636. The van der Waals surface area contributed by atoms with Crippen molar-refractivity contribution in [1.29, 1.82) is 0 Å². The van der Waals surface area contributed by atoms with E-state index in [9.17, 15) is 4.79 Å². The van der Waals surface area contributed by atoms with Gasteiger partial charge in [-0.3, -0.25) is 9.79 Å². The molecule has 1 unspecified atom stereocenters. The number of aliphatic imine (C=N–C) groups is 1. The van der Waals surface area contributed by atoms with Gasteiger partial charge in [-0.2, -0.15) is 0 Å². The Morgan fingerprint density at radius 3 is 2.82 bits per heavy atom. The summed E-state index contributed by atoms with van der Waals surface area (Å²) in [6.45, 7) is 8.81. The van der Waals surface area contributed by atoms with Crippen LogP contribution in [-0.4, -0.2) is 56.1 Å². The average Bonchev–Trinajstić information content (AvgIpc) is 2.66. The van der Waals surface area contributed by atoms with E-state index in [1.165, 1.54) is 17.5 Å². The van der Waals surface area contributed by atoms with Crippen molar-refractivity contribution in [3.63, 3.8) is 0 Å². The topological polar surface area (TPSA) is 66.0 Å².